The van der Waals surface area contributed by atoms with Crippen molar-refractivity contribution in [3.8, 4) is 6.07 Å². The van der Waals surface area contributed by atoms with Crippen LogP contribution in [0.15, 0.2) is 11.8 Å². The molecule has 1 unspecified atom stereocenters. The number of carbonyl (C=O) groups is 2. The summed E-state index contributed by atoms with van der Waals surface area (Å²) in [6.45, 7) is 7.04. The molecule has 116 valence electrons. The molecule has 0 aliphatic carbocycles. The molecule has 1 saturated heterocycles. The van der Waals surface area contributed by atoms with E-state index in [-0.39, 0.29) is 29.4 Å². The maximum absolute atomic E-state index is 11.9. The van der Waals surface area contributed by atoms with Gasteiger partial charge in [-0.3, -0.25) is 9.59 Å². The molecule has 0 saturated carbocycles. The van der Waals surface area contributed by atoms with Crippen molar-refractivity contribution in [2.24, 2.45) is 5.92 Å². The highest BCUT2D eigenvalue weighted by atomic mass is 16.5. The van der Waals surface area contributed by atoms with E-state index in [1.807, 2.05) is 24.8 Å². The van der Waals surface area contributed by atoms with Gasteiger partial charge in [-0.05, 0) is 33.6 Å². The first kappa shape index (κ1) is 17.0. The number of likely N-dealkylation sites (tertiary alicyclic amines) is 1. The van der Waals surface area contributed by atoms with Crippen LogP contribution in [-0.4, -0.2) is 42.5 Å². The minimum Gasteiger partial charge on any atom is -0.466 e. The molecular formula is C15H23N3O3. The first-order chi connectivity index (χ1) is 9.97. The minimum absolute atomic E-state index is 0.0251. The van der Waals surface area contributed by atoms with Crippen LogP contribution in [0, 0.1) is 17.2 Å². The molecule has 21 heavy (non-hydrogen) atoms. The number of hydrogen-bond acceptors (Lipinski definition) is 5. The molecular weight excluding hydrogens is 270 g/mol. The number of ether oxygens (including phenoxy) is 1. The van der Waals surface area contributed by atoms with Crippen molar-refractivity contribution in [1.82, 2.24) is 10.2 Å². The average molecular weight is 293 g/mol. The lowest BCUT2D eigenvalue weighted by atomic mass is 9.98. The van der Waals surface area contributed by atoms with E-state index in [2.05, 4.69) is 5.32 Å². The Labute approximate surface area is 125 Å². The molecule has 0 aromatic heterocycles. The molecule has 0 radical (unpaired) electrons. The zero-order valence-electron chi connectivity index (χ0n) is 12.9. The Balaban J connectivity index is 2.70. The van der Waals surface area contributed by atoms with Gasteiger partial charge in [0.2, 0.25) is 0 Å². The number of nitriles is 1. The molecule has 1 aliphatic heterocycles. The van der Waals surface area contributed by atoms with Crippen LogP contribution in [0.2, 0.25) is 0 Å². The number of piperidine rings is 1. The number of rotatable bonds is 5. The van der Waals surface area contributed by atoms with Gasteiger partial charge in [0.25, 0.3) is 5.91 Å². The van der Waals surface area contributed by atoms with E-state index in [0.717, 1.165) is 19.4 Å². The Morgan fingerprint density at radius 2 is 2.24 bits per heavy atom. The fourth-order valence-electron chi connectivity index (χ4n) is 2.24. The number of nitrogens with zero attached hydrogens (tertiary/aromatic N) is 2. The summed E-state index contributed by atoms with van der Waals surface area (Å²) in [5.74, 6) is -0.783. The molecule has 0 spiro atoms. The first-order valence-corrected chi connectivity index (χ1v) is 7.31. The van der Waals surface area contributed by atoms with Crippen LogP contribution in [-0.2, 0) is 14.3 Å². The van der Waals surface area contributed by atoms with Crippen molar-refractivity contribution < 1.29 is 14.3 Å². The molecule has 1 aliphatic rings. The van der Waals surface area contributed by atoms with Gasteiger partial charge in [-0.15, -0.1) is 0 Å². The summed E-state index contributed by atoms with van der Waals surface area (Å²) in [6.07, 6.45) is 3.16. The lowest BCUT2D eigenvalue weighted by Crippen LogP contribution is -2.38. The Bertz CT molecular complexity index is 452. The van der Waals surface area contributed by atoms with Crippen LogP contribution in [0.4, 0.5) is 0 Å². The predicted octanol–water partition coefficient (Wildman–Crippen LogP) is 1.19. The van der Waals surface area contributed by atoms with Gasteiger partial charge in [0.15, 0.2) is 0 Å². The van der Waals surface area contributed by atoms with Crippen molar-refractivity contribution in [3.05, 3.63) is 11.8 Å². The lowest BCUT2D eigenvalue weighted by Gasteiger charge is -2.30. The summed E-state index contributed by atoms with van der Waals surface area (Å²) in [5.41, 5.74) is 0.0632. The van der Waals surface area contributed by atoms with Crippen molar-refractivity contribution in [2.75, 3.05) is 19.7 Å². The number of amides is 1. The van der Waals surface area contributed by atoms with Crippen molar-refractivity contribution in [1.29, 1.82) is 5.26 Å². The topological polar surface area (TPSA) is 82.4 Å². The molecule has 1 N–H and O–H groups in total. The zero-order chi connectivity index (χ0) is 15.8. The smallest absolute Gasteiger partial charge is 0.310 e. The number of carbonyl (C=O) groups excluding carboxylic acids is 2. The Morgan fingerprint density at radius 1 is 1.52 bits per heavy atom. The van der Waals surface area contributed by atoms with E-state index in [0.29, 0.717) is 13.2 Å². The van der Waals surface area contributed by atoms with Crippen LogP contribution in [0.3, 0.4) is 0 Å². The summed E-state index contributed by atoms with van der Waals surface area (Å²) in [4.78, 5) is 25.5. The molecule has 6 heteroatoms. The molecule has 1 heterocycles. The molecule has 6 nitrogen and oxygen atoms in total. The maximum Gasteiger partial charge on any atom is 0.310 e. The van der Waals surface area contributed by atoms with Crippen LogP contribution in [0.1, 0.15) is 33.6 Å². The highest BCUT2D eigenvalue weighted by Crippen LogP contribution is 2.18. The molecule has 0 bridgehead atoms. The molecule has 0 aromatic rings. The maximum atomic E-state index is 11.9. The van der Waals surface area contributed by atoms with Gasteiger partial charge in [-0.1, -0.05) is 0 Å². The van der Waals surface area contributed by atoms with Gasteiger partial charge in [-0.2, -0.15) is 5.26 Å². The van der Waals surface area contributed by atoms with Crippen LogP contribution < -0.4 is 5.32 Å². The fourth-order valence-corrected chi connectivity index (χ4v) is 2.24. The Hall–Kier alpha value is -2.03. The highest BCUT2D eigenvalue weighted by Gasteiger charge is 2.26. The van der Waals surface area contributed by atoms with Gasteiger partial charge < -0.3 is 15.0 Å². The second-order valence-corrected chi connectivity index (χ2v) is 5.37. The molecule has 1 rings (SSSR count). The van der Waals surface area contributed by atoms with Crippen LogP contribution >= 0.6 is 0 Å². The van der Waals surface area contributed by atoms with Gasteiger partial charge >= 0.3 is 5.97 Å². The fraction of sp³-hybridized carbons (Fsp3) is 0.667. The standard InChI is InChI=1S/C15H23N3O3/c1-4-21-15(20)12-6-5-7-18(9-12)10-13(8-16)14(19)17-11(2)3/h10-12H,4-7,9H2,1-3H3,(H,17,19)/b13-10-. The second-order valence-electron chi connectivity index (χ2n) is 5.37. The van der Waals surface area contributed by atoms with Crippen LogP contribution in [0.25, 0.3) is 0 Å². The monoisotopic (exact) mass is 293 g/mol. The number of esters is 1. The van der Waals surface area contributed by atoms with Crippen LogP contribution in [0.5, 0.6) is 0 Å². The quantitative estimate of drug-likeness (QED) is 0.468. The van der Waals surface area contributed by atoms with Gasteiger partial charge in [0, 0.05) is 25.3 Å². The SMILES string of the molecule is CCOC(=O)C1CCCN(/C=C(/C#N)C(=O)NC(C)C)C1. The number of nitrogens with one attached hydrogen (secondary N) is 1. The Kier molecular flexibility index (Phi) is 6.73. The van der Waals surface area contributed by atoms with E-state index in [4.69, 9.17) is 10.00 Å². The number of hydrogen-bond donors (Lipinski definition) is 1. The van der Waals surface area contributed by atoms with Crippen molar-refractivity contribution in [3.63, 3.8) is 0 Å². The van der Waals surface area contributed by atoms with Gasteiger partial charge in [0.1, 0.15) is 11.6 Å². The van der Waals surface area contributed by atoms with Crippen molar-refractivity contribution >= 4 is 11.9 Å². The largest absolute Gasteiger partial charge is 0.466 e. The zero-order valence-corrected chi connectivity index (χ0v) is 12.9. The summed E-state index contributed by atoms with van der Waals surface area (Å²) in [5, 5.41) is 11.8. The highest BCUT2D eigenvalue weighted by molar-refractivity contribution is 5.97. The van der Waals surface area contributed by atoms with E-state index in [1.165, 1.54) is 0 Å². The third-order valence-electron chi connectivity index (χ3n) is 3.17. The molecule has 1 amide bonds. The third kappa shape index (κ3) is 5.46. The average Bonchev–Trinajstić information content (AvgIpc) is 2.44. The summed E-state index contributed by atoms with van der Waals surface area (Å²) in [7, 11) is 0. The van der Waals surface area contributed by atoms with E-state index < -0.39 is 0 Å². The molecule has 1 atom stereocenters. The summed E-state index contributed by atoms with van der Waals surface area (Å²) < 4.78 is 5.03. The second kappa shape index (κ2) is 8.30. The first-order valence-electron chi connectivity index (χ1n) is 7.31. The normalized spacial score (nSPS) is 19.1. The summed E-state index contributed by atoms with van der Waals surface area (Å²) >= 11 is 0. The molecule has 0 aromatic carbocycles. The van der Waals surface area contributed by atoms with Gasteiger partial charge in [-0.25, -0.2) is 0 Å². The van der Waals surface area contributed by atoms with E-state index in [1.54, 1.807) is 13.1 Å². The lowest BCUT2D eigenvalue weighted by molar-refractivity contribution is -0.149. The molecule has 1 fully saturated rings. The van der Waals surface area contributed by atoms with E-state index >= 15 is 0 Å². The van der Waals surface area contributed by atoms with Crippen molar-refractivity contribution in [2.45, 2.75) is 39.7 Å². The van der Waals surface area contributed by atoms with E-state index in [9.17, 15) is 9.59 Å². The minimum atomic E-state index is -0.384. The van der Waals surface area contributed by atoms with Gasteiger partial charge in [0.05, 0.1) is 12.5 Å². The predicted molar refractivity (Wildman–Crippen MR) is 77.9 cm³/mol. The Morgan fingerprint density at radius 3 is 2.81 bits per heavy atom. The summed E-state index contributed by atoms with van der Waals surface area (Å²) in [6, 6.07) is 1.89. The third-order valence-corrected chi connectivity index (χ3v) is 3.17.